The molecule has 1 unspecified atom stereocenters. The topological polar surface area (TPSA) is 38.3 Å². The quantitative estimate of drug-likeness (QED) is 0.785. The highest BCUT2D eigenvalue weighted by Gasteiger charge is 2.27. The molecule has 1 saturated carbocycles. The molecule has 1 aromatic rings. The minimum absolute atomic E-state index is 0.261. The van der Waals surface area contributed by atoms with Crippen molar-refractivity contribution in [2.75, 3.05) is 13.7 Å². The third-order valence-electron chi connectivity index (χ3n) is 3.63. The van der Waals surface area contributed by atoms with Crippen LogP contribution < -0.4 is 5.32 Å². The molecule has 0 aliphatic heterocycles. The van der Waals surface area contributed by atoms with E-state index in [4.69, 9.17) is 4.74 Å². The predicted molar refractivity (Wildman–Crippen MR) is 71.4 cm³/mol. The van der Waals surface area contributed by atoms with E-state index in [0.29, 0.717) is 5.56 Å². The van der Waals surface area contributed by atoms with Crippen molar-refractivity contribution in [2.24, 2.45) is 11.8 Å². The Morgan fingerprint density at radius 2 is 2.17 bits per heavy atom. The van der Waals surface area contributed by atoms with E-state index in [1.807, 2.05) is 24.3 Å². The summed E-state index contributed by atoms with van der Waals surface area (Å²) in [6.45, 7) is 4.03. The van der Waals surface area contributed by atoms with Crippen LogP contribution in [0.1, 0.15) is 35.7 Å². The van der Waals surface area contributed by atoms with E-state index in [1.54, 1.807) is 0 Å². The van der Waals surface area contributed by atoms with Gasteiger partial charge in [-0.05, 0) is 42.9 Å². The molecule has 1 aliphatic rings. The van der Waals surface area contributed by atoms with Gasteiger partial charge in [0.1, 0.15) is 0 Å². The van der Waals surface area contributed by atoms with Crippen LogP contribution >= 0.6 is 0 Å². The standard InChI is InChI=1S/C15H21NO2/c1-11(12-7-8-12)9-16-10-13-5-3-4-6-14(13)15(17)18-2/h3-6,11-12,16H,7-10H2,1-2H3. The van der Waals surface area contributed by atoms with Crippen molar-refractivity contribution in [1.82, 2.24) is 5.32 Å². The summed E-state index contributed by atoms with van der Waals surface area (Å²) in [5, 5.41) is 3.43. The number of ether oxygens (including phenoxy) is 1. The summed E-state index contributed by atoms with van der Waals surface area (Å²) in [6.07, 6.45) is 2.75. The summed E-state index contributed by atoms with van der Waals surface area (Å²) >= 11 is 0. The van der Waals surface area contributed by atoms with Gasteiger partial charge in [-0.1, -0.05) is 25.1 Å². The van der Waals surface area contributed by atoms with Gasteiger partial charge in [0.05, 0.1) is 12.7 Å². The van der Waals surface area contributed by atoms with E-state index < -0.39 is 0 Å². The minimum atomic E-state index is -0.261. The first-order chi connectivity index (χ1) is 8.72. The van der Waals surface area contributed by atoms with Crippen molar-refractivity contribution >= 4 is 5.97 Å². The molecule has 98 valence electrons. The second kappa shape index (κ2) is 6.01. The third-order valence-corrected chi connectivity index (χ3v) is 3.63. The second-order valence-electron chi connectivity index (χ2n) is 5.09. The van der Waals surface area contributed by atoms with Crippen LogP contribution in [0.25, 0.3) is 0 Å². The van der Waals surface area contributed by atoms with Gasteiger partial charge >= 0.3 is 5.97 Å². The van der Waals surface area contributed by atoms with Crippen LogP contribution in [0.4, 0.5) is 0 Å². The van der Waals surface area contributed by atoms with Crippen LogP contribution in [-0.4, -0.2) is 19.6 Å². The molecule has 1 N–H and O–H groups in total. The Hall–Kier alpha value is -1.35. The number of esters is 1. The fourth-order valence-electron chi connectivity index (χ4n) is 2.25. The maximum absolute atomic E-state index is 11.6. The van der Waals surface area contributed by atoms with Crippen molar-refractivity contribution in [1.29, 1.82) is 0 Å². The summed E-state index contributed by atoms with van der Waals surface area (Å²) < 4.78 is 4.79. The van der Waals surface area contributed by atoms with E-state index in [2.05, 4.69) is 12.2 Å². The lowest BCUT2D eigenvalue weighted by molar-refractivity contribution is 0.0599. The van der Waals surface area contributed by atoms with Crippen LogP contribution in [0.5, 0.6) is 0 Å². The number of methoxy groups -OCH3 is 1. The van der Waals surface area contributed by atoms with Gasteiger partial charge in [-0.2, -0.15) is 0 Å². The number of rotatable bonds is 6. The molecule has 3 heteroatoms. The number of hydrogen-bond acceptors (Lipinski definition) is 3. The second-order valence-corrected chi connectivity index (χ2v) is 5.09. The van der Waals surface area contributed by atoms with Gasteiger partial charge in [0.15, 0.2) is 0 Å². The first-order valence-electron chi connectivity index (χ1n) is 6.59. The zero-order valence-electron chi connectivity index (χ0n) is 11.1. The smallest absolute Gasteiger partial charge is 0.338 e. The molecule has 2 rings (SSSR count). The van der Waals surface area contributed by atoms with E-state index in [1.165, 1.54) is 20.0 Å². The Bertz CT molecular complexity index is 413. The molecule has 0 saturated heterocycles. The Morgan fingerprint density at radius 1 is 1.44 bits per heavy atom. The zero-order chi connectivity index (χ0) is 13.0. The SMILES string of the molecule is COC(=O)c1ccccc1CNCC(C)C1CC1. The van der Waals surface area contributed by atoms with Gasteiger partial charge < -0.3 is 10.1 Å². The average Bonchev–Trinajstić information content (AvgIpc) is 3.22. The van der Waals surface area contributed by atoms with E-state index >= 15 is 0 Å². The Balaban J connectivity index is 1.89. The van der Waals surface area contributed by atoms with Crippen LogP contribution in [-0.2, 0) is 11.3 Å². The lowest BCUT2D eigenvalue weighted by Gasteiger charge is -2.13. The van der Waals surface area contributed by atoms with Crippen LogP contribution in [0.3, 0.4) is 0 Å². The summed E-state index contributed by atoms with van der Waals surface area (Å²) in [4.78, 5) is 11.6. The lowest BCUT2D eigenvalue weighted by Crippen LogP contribution is -2.23. The van der Waals surface area contributed by atoms with Gasteiger partial charge in [0.2, 0.25) is 0 Å². The maximum Gasteiger partial charge on any atom is 0.338 e. The summed E-state index contributed by atoms with van der Waals surface area (Å²) in [6, 6.07) is 7.60. The number of carbonyl (C=O) groups excluding carboxylic acids is 1. The normalized spacial score (nSPS) is 16.3. The first kappa shape index (κ1) is 13.1. The van der Waals surface area contributed by atoms with Gasteiger partial charge in [-0.15, -0.1) is 0 Å². The van der Waals surface area contributed by atoms with Gasteiger partial charge in [-0.3, -0.25) is 0 Å². The Labute approximate surface area is 109 Å². The number of nitrogens with one attached hydrogen (secondary N) is 1. The molecule has 0 amide bonds. The summed E-state index contributed by atoms with van der Waals surface area (Å²) in [5.74, 6) is 1.38. The molecule has 1 aliphatic carbocycles. The first-order valence-corrected chi connectivity index (χ1v) is 6.59. The third kappa shape index (κ3) is 3.33. The fourth-order valence-corrected chi connectivity index (χ4v) is 2.25. The molecule has 1 fully saturated rings. The average molecular weight is 247 g/mol. The molecule has 1 atom stereocenters. The number of benzene rings is 1. The molecule has 0 bridgehead atoms. The van der Waals surface area contributed by atoms with Crippen LogP contribution in [0, 0.1) is 11.8 Å². The Morgan fingerprint density at radius 3 is 2.83 bits per heavy atom. The van der Waals surface area contributed by atoms with Crippen molar-refractivity contribution < 1.29 is 9.53 Å². The highest BCUT2D eigenvalue weighted by molar-refractivity contribution is 5.90. The zero-order valence-corrected chi connectivity index (χ0v) is 11.1. The van der Waals surface area contributed by atoms with Gasteiger partial charge in [0.25, 0.3) is 0 Å². The Kier molecular flexibility index (Phi) is 4.37. The molecule has 3 nitrogen and oxygen atoms in total. The molecular formula is C15H21NO2. The molecular weight excluding hydrogens is 226 g/mol. The predicted octanol–water partition coefficient (Wildman–Crippen LogP) is 2.61. The molecule has 0 aromatic heterocycles. The number of hydrogen-bond donors (Lipinski definition) is 1. The summed E-state index contributed by atoms with van der Waals surface area (Å²) in [7, 11) is 1.42. The van der Waals surface area contributed by atoms with E-state index in [9.17, 15) is 4.79 Å². The highest BCUT2D eigenvalue weighted by atomic mass is 16.5. The van der Waals surface area contributed by atoms with E-state index in [-0.39, 0.29) is 5.97 Å². The van der Waals surface area contributed by atoms with Crippen LogP contribution in [0.2, 0.25) is 0 Å². The van der Waals surface area contributed by atoms with Crippen molar-refractivity contribution in [2.45, 2.75) is 26.3 Å². The fraction of sp³-hybridized carbons (Fsp3) is 0.533. The van der Waals surface area contributed by atoms with Gasteiger partial charge in [-0.25, -0.2) is 4.79 Å². The number of carbonyl (C=O) groups is 1. The van der Waals surface area contributed by atoms with Gasteiger partial charge in [0, 0.05) is 6.54 Å². The van der Waals surface area contributed by atoms with E-state index in [0.717, 1.165) is 30.5 Å². The molecule has 0 heterocycles. The van der Waals surface area contributed by atoms with Crippen molar-refractivity contribution in [3.05, 3.63) is 35.4 Å². The molecule has 0 radical (unpaired) electrons. The monoisotopic (exact) mass is 247 g/mol. The van der Waals surface area contributed by atoms with Crippen molar-refractivity contribution in [3.8, 4) is 0 Å². The minimum Gasteiger partial charge on any atom is -0.465 e. The molecule has 18 heavy (non-hydrogen) atoms. The largest absolute Gasteiger partial charge is 0.465 e. The molecule has 0 spiro atoms. The summed E-state index contributed by atoms with van der Waals surface area (Å²) in [5.41, 5.74) is 1.67. The highest BCUT2D eigenvalue weighted by Crippen LogP contribution is 2.36. The van der Waals surface area contributed by atoms with Crippen molar-refractivity contribution in [3.63, 3.8) is 0 Å². The molecule has 1 aromatic carbocycles. The van der Waals surface area contributed by atoms with Crippen LogP contribution in [0.15, 0.2) is 24.3 Å². The lowest BCUT2D eigenvalue weighted by atomic mass is 10.1. The maximum atomic E-state index is 11.6.